The van der Waals surface area contributed by atoms with Gasteiger partial charge in [0.1, 0.15) is 12.6 Å². The predicted molar refractivity (Wildman–Crippen MR) is 71.4 cm³/mol. The zero-order chi connectivity index (χ0) is 14.1. The first kappa shape index (κ1) is 12.8. The SMILES string of the molecule is C[C@@H]1C(=O)N(Cc2ccccc2)Cc2nnc(CO)n21. The molecule has 0 saturated heterocycles. The van der Waals surface area contributed by atoms with Crippen molar-refractivity contribution in [3.8, 4) is 0 Å². The Morgan fingerprint density at radius 2 is 2.05 bits per heavy atom. The molecule has 0 fully saturated rings. The van der Waals surface area contributed by atoms with Gasteiger partial charge in [-0.2, -0.15) is 0 Å². The van der Waals surface area contributed by atoms with E-state index < -0.39 is 0 Å². The molecule has 0 spiro atoms. The molecule has 2 heterocycles. The lowest BCUT2D eigenvalue weighted by atomic mass is 10.1. The number of hydrogen-bond acceptors (Lipinski definition) is 4. The van der Waals surface area contributed by atoms with E-state index in [-0.39, 0.29) is 18.6 Å². The Morgan fingerprint density at radius 3 is 2.75 bits per heavy atom. The van der Waals surface area contributed by atoms with Gasteiger partial charge in [0.05, 0.1) is 6.54 Å². The van der Waals surface area contributed by atoms with Crippen LogP contribution in [0.4, 0.5) is 0 Å². The fourth-order valence-corrected chi connectivity index (χ4v) is 2.58. The summed E-state index contributed by atoms with van der Waals surface area (Å²) in [6, 6.07) is 9.49. The first-order valence-electron chi connectivity index (χ1n) is 6.57. The molecule has 104 valence electrons. The summed E-state index contributed by atoms with van der Waals surface area (Å²) in [5.74, 6) is 1.19. The number of carbonyl (C=O) groups is 1. The number of nitrogens with zero attached hydrogens (tertiary/aromatic N) is 4. The van der Waals surface area contributed by atoms with E-state index in [2.05, 4.69) is 10.2 Å². The van der Waals surface area contributed by atoms with Gasteiger partial charge in [-0.1, -0.05) is 30.3 Å². The minimum absolute atomic E-state index is 0.0239. The molecule has 1 aliphatic heterocycles. The summed E-state index contributed by atoms with van der Waals surface area (Å²) < 4.78 is 1.73. The zero-order valence-electron chi connectivity index (χ0n) is 11.2. The number of aliphatic hydroxyl groups is 1. The third kappa shape index (κ3) is 2.08. The van der Waals surface area contributed by atoms with E-state index in [1.807, 2.05) is 37.3 Å². The van der Waals surface area contributed by atoms with Gasteiger partial charge in [-0.25, -0.2) is 0 Å². The van der Waals surface area contributed by atoms with Crippen LogP contribution in [0, 0.1) is 0 Å². The van der Waals surface area contributed by atoms with Crippen molar-refractivity contribution >= 4 is 5.91 Å². The summed E-state index contributed by atoms with van der Waals surface area (Å²) in [6.45, 7) is 2.59. The molecule has 0 aliphatic carbocycles. The Kier molecular flexibility index (Phi) is 3.23. The molecular formula is C14H16N4O2. The minimum Gasteiger partial charge on any atom is -0.388 e. The molecule has 1 N–H and O–H groups in total. The second-order valence-corrected chi connectivity index (χ2v) is 4.92. The quantitative estimate of drug-likeness (QED) is 0.900. The third-order valence-corrected chi connectivity index (χ3v) is 3.58. The second kappa shape index (κ2) is 5.05. The molecule has 1 aromatic carbocycles. The van der Waals surface area contributed by atoms with Crippen LogP contribution < -0.4 is 0 Å². The van der Waals surface area contributed by atoms with Crippen LogP contribution in [0.15, 0.2) is 30.3 Å². The summed E-state index contributed by atoms with van der Waals surface area (Å²) in [6.07, 6.45) is 0. The van der Waals surface area contributed by atoms with Crippen molar-refractivity contribution in [2.45, 2.75) is 32.7 Å². The van der Waals surface area contributed by atoms with E-state index in [4.69, 9.17) is 0 Å². The number of fused-ring (bicyclic) bond motifs is 1. The first-order valence-corrected chi connectivity index (χ1v) is 6.57. The number of benzene rings is 1. The first-order chi connectivity index (χ1) is 9.70. The van der Waals surface area contributed by atoms with E-state index in [0.29, 0.717) is 18.9 Å². The van der Waals surface area contributed by atoms with Gasteiger partial charge in [0.15, 0.2) is 11.6 Å². The van der Waals surface area contributed by atoms with Gasteiger partial charge >= 0.3 is 0 Å². The maximum atomic E-state index is 12.4. The van der Waals surface area contributed by atoms with E-state index in [1.54, 1.807) is 9.47 Å². The number of rotatable bonds is 3. The van der Waals surface area contributed by atoms with Crippen LogP contribution in [0.25, 0.3) is 0 Å². The molecule has 6 heteroatoms. The Hall–Kier alpha value is -2.21. The lowest BCUT2D eigenvalue weighted by molar-refractivity contribution is -0.137. The van der Waals surface area contributed by atoms with Crippen LogP contribution >= 0.6 is 0 Å². The smallest absolute Gasteiger partial charge is 0.246 e. The summed E-state index contributed by atoms with van der Waals surface area (Å²) >= 11 is 0. The number of amides is 1. The fourth-order valence-electron chi connectivity index (χ4n) is 2.58. The molecule has 0 radical (unpaired) electrons. The van der Waals surface area contributed by atoms with Crippen LogP contribution in [0.3, 0.4) is 0 Å². The molecule has 0 unspecified atom stereocenters. The lowest BCUT2D eigenvalue weighted by Crippen LogP contribution is -2.41. The highest BCUT2D eigenvalue weighted by Gasteiger charge is 2.32. The molecular weight excluding hydrogens is 256 g/mol. The van der Waals surface area contributed by atoms with Gasteiger partial charge in [0, 0.05) is 6.54 Å². The minimum atomic E-state index is -0.375. The Balaban J connectivity index is 1.87. The maximum Gasteiger partial charge on any atom is 0.246 e. The highest BCUT2D eigenvalue weighted by molar-refractivity contribution is 5.81. The van der Waals surface area contributed by atoms with Crippen LogP contribution in [-0.4, -0.2) is 30.7 Å². The molecule has 2 aromatic rings. The molecule has 1 aliphatic rings. The average Bonchev–Trinajstić information content (AvgIpc) is 2.88. The van der Waals surface area contributed by atoms with Crippen molar-refractivity contribution in [1.29, 1.82) is 0 Å². The van der Waals surface area contributed by atoms with Gasteiger partial charge < -0.3 is 10.0 Å². The monoisotopic (exact) mass is 272 g/mol. The second-order valence-electron chi connectivity index (χ2n) is 4.92. The molecule has 1 aromatic heterocycles. The zero-order valence-corrected chi connectivity index (χ0v) is 11.2. The Labute approximate surface area is 116 Å². The predicted octanol–water partition coefficient (Wildman–Crippen LogP) is 0.874. The number of carbonyl (C=O) groups excluding carboxylic acids is 1. The van der Waals surface area contributed by atoms with E-state index >= 15 is 0 Å². The summed E-state index contributed by atoms with van der Waals surface area (Å²) in [4.78, 5) is 14.2. The standard InChI is InChI=1S/C14H16N4O2/c1-10-14(20)17(7-11-5-3-2-4-6-11)8-12-15-16-13(9-19)18(10)12/h2-6,10,19H,7-9H2,1H3/t10-/m1/s1. The molecule has 1 atom stereocenters. The highest BCUT2D eigenvalue weighted by Crippen LogP contribution is 2.24. The number of aliphatic hydroxyl groups excluding tert-OH is 1. The summed E-state index contributed by atoms with van der Waals surface area (Å²) in [5.41, 5.74) is 1.09. The van der Waals surface area contributed by atoms with E-state index in [9.17, 15) is 9.90 Å². The highest BCUT2D eigenvalue weighted by atomic mass is 16.3. The normalized spacial score (nSPS) is 18.2. The maximum absolute atomic E-state index is 12.4. The van der Waals surface area contributed by atoms with Crippen molar-refractivity contribution in [3.63, 3.8) is 0 Å². The molecule has 0 bridgehead atoms. The van der Waals surface area contributed by atoms with Crippen LogP contribution in [0.1, 0.15) is 30.2 Å². The fraction of sp³-hybridized carbons (Fsp3) is 0.357. The summed E-state index contributed by atoms with van der Waals surface area (Å²) in [7, 11) is 0. The van der Waals surface area contributed by atoms with Gasteiger partial charge in [-0.15, -0.1) is 10.2 Å². The summed E-state index contributed by atoms with van der Waals surface area (Å²) in [5, 5.41) is 17.2. The van der Waals surface area contributed by atoms with E-state index in [1.165, 1.54) is 0 Å². The lowest BCUT2D eigenvalue weighted by Gasteiger charge is -2.32. The van der Waals surface area contributed by atoms with Crippen LogP contribution in [0.5, 0.6) is 0 Å². The third-order valence-electron chi connectivity index (χ3n) is 3.58. The van der Waals surface area contributed by atoms with Crippen LogP contribution in [-0.2, 0) is 24.5 Å². The number of hydrogen-bond donors (Lipinski definition) is 1. The van der Waals surface area contributed by atoms with Gasteiger partial charge in [0.25, 0.3) is 0 Å². The largest absolute Gasteiger partial charge is 0.388 e. The molecule has 20 heavy (non-hydrogen) atoms. The van der Waals surface area contributed by atoms with Crippen molar-refractivity contribution in [2.75, 3.05) is 0 Å². The van der Waals surface area contributed by atoms with Crippen molar-refractivity contribution in [3.05, 3.63) is 47.5 Å². The van der Waals surface area contributed by atoms with Crippen molar-refractivity contribution in [1.82, 2.24) is 19.7 Å². The Morgan fingerprint density at radius 1 is 1.30 bits per heavy atom. The molecule has 3 rings (SSSR count). The molecule has 6 nitrogen and oxygen atoms in total. The Bertz CT molecular complexity index is 623. The van der Waals surface area contributed by atoms with E-state index in [0.717, 1.165) is 11.4 Å². The topological polar surface area (TPSA) is 71.2 Å². The van der Waals surface area contributed by atoms with Gasteiger partial charge in [-0.05, 0) is 12.5 Å². The molecule has 1 amide bonds. The van der Waals surface area contributed by atoms with Crippen molar-refractivity contribution in [2.24, 2.45) is 0 Å². The van der Waals surface area contributed by atoms with Gasteiger partial charge in [-0.3, -0.25) is 9.36 Å². The van der Waals surface area contributed by atoms with Crippen LogP contribution in [0.2, 0.25) is 0 Å². The average molecular weight is 272 g/mol. The van der Waals surface area contributed by atoms with Crippen molar-refractivity contribution < 1.29 is 9.90 Å². The molecule has 0 saturated carbocycles. The van der Waals surface area contributed by atoms with Gasteiger partial charge in [0.2, 0.25) is 5.91 Å². The number of aromatic nitrogens is 3.